The molecule has 0 spiro atoms. The molecule has 0 saturated heterocycles. The van der Waals surface area contributed by atoms with E-state index < -0.39 is 0 Å². The summed E-state index contributed by atoms with van der Waals surface area (Å²) in [4.78, 5) is 0. The maximum atomic E-state index is 8.60. The fraction of sp³-hybridized carbons (Fsp3) is 0.167. The van der Waals surface area contributed by atoms with Crippen molar-refractivity contribution in [3.63, 3.8) is 0 Å². The number of ether oxygens (including phenoxy) is 1. The van der Waals surface area contributed by atoms with Crippen molar-refractivity contribution in [3.05, 3.63) is 42.5 Å². The first-order valence-electron chi connectivity index (χ1n) is 5.01. The third-order valence-electron chi connectivity index (χ3n) is 2.05. The number of hydrogen-bond acceptors (Lipinski definition) is 5. The quantitative estimate of drug-likeness (QED) is 0.342. The Balaban J connectivity index is 2.71. The molecule has 1 aromatic carbocycles. The summed E-state index contributed by atoms with van der Waals surface area (Å²) < 4.78 is 5.45. The molecule has 0 unspecified atom stereocenters. The monoisotopic (exact) mass is 234 g/mol. The van der Waals surface area contributed by atoms with Gasteiger partial charge in [-0.05, 0) is 18.1 Å². The smallest absolute Gasteiger partial charge is 0.138 e. The SMILES string of the molecule is C=CCc1ccccc1OCC(/C=N/O)=N/O. The largest absolute Gasteiger partial charge is 0.487 e. The van der Waals surface area contributed by atoms with Crippen LogP contribution in [0.25, 0.3) is 0 Å². The van der Waals surface area contributed by atoms with E-state index in [-0.39, 0.29) is 12.3 Å². The molecule has 0 radical (unpaired) electrons. The molecule has 0 aliphatic rings. The Labute approximate surface area is 99.3 Å². The number of rotatable bonds is 6. The highest BCUT2D eigenvalue weighted by molar-refractivity contribution is 6.30. The lowest BCUT2D eigenvalue weighted by Gasteiger charge is -2.09. The van der Waals surface area contributed by atoms with Gasteiger partial charge in [0, 0.05) is 0 Å². The summed E-state index contributed by atoms with van der Waals surface area (Å²) in [5.74, 6) is 0.680. The molecule has 0 heterocycles. The Kier molecular flexibility index (Phi) is 5.30. The molecule has 90 valence electrons. The van der Waals surface area contributed by atoms with Crippen LogP contribution in [0.3, 0.4) is 0 Å². The van der Waals surface area contributed by atoms with Crippen LogP contribution < -0.4 is 4.74 Å². The van der Waals surface area contributed by atoms with Crippen LogP contribution in [0.1, 0.15) is 5.56 Å². The molecule has 0 aromatic heterocycles. The molecule has 0 fully saturated rings. The summed E-state index contributed by atoms with van der Waals surface area (Å²) in [5, 5.41) is 22.6. The van der Waals surface area contributed by atoms with Crippen LogP contribution in [-0.2, 0) is 6.42 Å². The molecule has 5 heteroatoms. The lowest BCUT2D eigenvalue weighted by Crippen LogP contribution is -2.13. The Morgan fingerprint density at radius 3 is 2.76 bits per heavy atom. The van der Waals surface area contributed by atoms with Crippen LogP contribution in [-0.4, -0.2) is 28.9 Å². The van der Waals surface area contributed by atoms with Gasteiger partial charge in [-0.15, -0.1) is 6.58 Å². The average molecular weight is 234 g/mol. The van der Waals surface area contributed by atoms with Gasteiger partial charge in [-0.3, -0.25) is 0 Å². The van der Waals surface area contributed by atoms with Crippen LogP contribution in [0, 0.1) is 0 Å². The van der Waals surface area contributed by atoms with Gasteiger partial charge in [-0.25, -0.2) is 0 Å². The van der Waals surface area contributed by atoms with Crippen molar-refractivity contribution in [3.8, 4) is 5.75 Å². The van der Waals surface area contributed by atoms with Crippen LogP contribution in [0.15, 0.2) is 47.2 Å². The van der Waals surface area contributed by atoms with E-state index in [1.165, 1.54) is 0 Å². The normalized spacial score (nSPS) is 11.6. The second-order valence-electron chi connectivity index (χ2n) is 3.23. The van der Waals surface area contributed by atoms with Crippen LogP contribution in [0.2, 0.25) is 0 Å². The minimum atomic E-state index is 0.0225. The zero-order chi connectivity index (χ0) is 12.5. The molecular weight excluding hydrogens is 220 g/mol. The zero-order valence-electron chi connectivity index (χ0n) is 9.28. The molecule has 0 atom stereocenters. The molecule has 0 bridgehead atoms. The van der Waals surface area contributed by atoms with Crippen molar-refractivity contribution in [2.24, 2.45) is 10.3 Å². The van der Waals surface area contributed by atoms with Gasteiger partial charge in [0.15, 0.2) is 0 Å². The van der Waals surface area contributed by atoms with E-state index in [1.807, 2.05) is 24.3 Å². The van der Waals surface area contributed by atoms with Gasteiger partial charge in [0.1, 0.15) is 18.1 Å². The predicted octanol–water partition coefficient (Wildman–Crippen LogP) is 2.08. The van der Waals surface area contributed by atoms with E-state index >= 15 is 0 Å². The number of oxime groups is 2. The second kappa shape index (κ2) is 7.05. The molecule has 17 heavy (non-hydrogen) atoms. The molecule has 1 rings (SSSR count). The Morgan fingerprint density at radius 2 is 2.12 bits per heavy atom. The summed E-state index contributed by atoms with van der Waals surface area (Å²) in [6.45, 7) is 3.69. The van der Waals surface area contributed by atoms with E-state index in [1.54, 1.807) is 6.08 Å². The molecule has 0 amide bonds. The van der Waals surface area contributed by atoms with Gasteiger partial charge in [0.25, 0.3) is 0 Å². The highest BCUT2D eigenvalue weighted by Crippen LogP contribution is 2.18. The molecule has 2 N–H and O–H groups in total. The van der Waals surface area contributed by atoms with E-state index in [0.717, 1.165) is 11.8 Å². The standard InChI is InChI=1S/C12H14N2O3/c1-2-5-10-6-3-4-7-12(10)17-9-11(14-16)8-13-15/h2-4,6-8,15-16H,1,5,9H2/b13-8+,14-11+. The third-order valence-corrected chi connectivity index (χ3v) is 2.05. The van der Waals surface area contributed by atoms with Gasteiger partial charge in [-0.2, -0.15) is 0 Å². The van der Waals surface area contributed by atoms with Gasteiger partial charge in [0.05, 0.1) is 6.21 Å². The summed E-state index contributed by atoms with van der Waals surface area (Å²) in [6, 6.07) is 7.48. The van der Waals surface area contributed by atoms with E-state index in [9.17, 15) is 0 Å². The molecule has 1 aromatic rings. The maximum absolute atomic E-state index is 8.60. The number of benzene rings is 1. The first-order valence-corrected chi connectivity index (χ1v) is 5.01. The Morgan fingerprint density at radius 1 is 1.35 bits per heavy atom. The highest BCUT2D eigenvalue weighted by atomic mass is 16.5. The number of nitrogens with zero attached hydrogens (tertiary/aromatic N) is 2. The Hall–Kier alpha value is -2.30. The molecule has 0 aliphatic heterocycles. The molecular formula is C12H14N2O3. The summed E-state index contributed by atoms with van der Waals surface area (Å²) in [6.07, 6.45) is 3.48. The lowest BCUT2D eigenvalue weighted by molar-refractivity contribution is 0.306. The minimum absolute atomic E-state index is 0.0225. The summed E-state index contributed by atoms with van der Waals surface area (Å²) >= 11 is 0. The first-order chi connectivity index (χ1) is 8.31. The fourth-order valence-corrected chi connectivity index (χ4v) is 1.28. The number of hydrogen-bond donors (Lipinski definition) is 2. The number of allylic oxidation sites excluding steroid dienone is 1. The first kappa shape index (κ1) is 12.8. The summed E-state index contributed by atoms with van der Waals surface area (Å²) in [7, 11) is 0. The molecule has 0 aliphatic carbocycles. The highest BCUT2D eigenvalue weighted by Gasteiger charge is 2.03. The van der Waals surface area contributed by atoms with Gasteiger partial charge in [-0.1, -0.05) is 34.6 Å². The Bertz CT molecular complexity index is 428. The van der Waals surface area contributed by atoms with E-state index in [2.05, 4.69) is 16.9 Å². The van der Waals surface area contributed by atoms with Crippen molar-refractivity contribution < 1.29 is 15.2 Å². The van der Waals surface area contributed by atoms with Crippen molar-refractivity contribution in [1.82, 2.24) is 0 Å². The molecule has 0 saturated carbocycles. The fourth-order valence-electron chi connectivity index (χ4n) is 1.28. The van der Waals surface area contributed by atoms with Crippen molar-refractivity contribution in [2.45, 2.75) is 6.42 Å². The van der Waals surface area contributed by atoms with Gasteiger partial charge in [0.2, 0.25) is 0 Å². The topological polar surface area (TPSA) is 74.4 Å². The lowest BCUT2D eigenvalue weighted by atomic mass is 10.1. The second-order valence-corrected chi connectivity index (χ2v) is 3.23. The van der Waals surface area contributed by atoms with E-state index in [4.69, 9.17) is 15.2 Å². The van der Waals surface area contributed by atoms with Crippen molar-refractivity contribution in [2.75, 3.05) is 6.61 Å². The van der Waals surface area contributed by atoms with Gasteiger partial charge >= 0.3 is 0 Å². The zero-order valence-corrected chi connectivity index (χ0v) is 9.28. The summed E-state index contributed by atoms with van der Waals surface area (Å²) in [5.41, 5.74) is 1.11. The van der Waals surface area contributed by atoms with E-state index in [0.29, 0.717) is 12.2 Å². The average Bonchev–Trinajstić information content (AvgIpc) is 2.36. The van der Waals surface area contributed by atoms with Crippen molar-refractivity contribution >= 4 is 11.9 Å². The minimum Gasteiger partial charge on any atom is -0.487 e. The van der Waals surface area contributed by atoms with Crippen LogP contribution in [0.5, 0.6) is 5.75 Å². The number of para-hydroxylation sites is 1. The van der Waals surface area contributed by atoms with Crippen LogP contribution >= 0.6 is 0 Å². The van der Waals surface area contributed by atoms with Crippen molar-refractivity contribution in [1.29, 1.82) is 0 Å². The predicted molar refractivity (Wildman–Crippen MR) is 65.3 cm³/mol. The molecule has 5 nitrogen and oxygen atoms in total. The maximum Gasteiger partial charge on any atom is 0.138 e. The van der Waals surface area contributed by atoms with Gasteiger partial charge < -0.3 is 15.2 Å². The van der Waals surface area contributed by atoms with Crippen LogP contribution in [0.4, 0.5) is 0 Å². The third kappa shape index (κ3) is 3.98.